The monoisotopic (exact) mass is 286 g/mol. The van der Waals surface area contributed by atoms with Crippen molar-refractivity contribution >= 4 is 21.8 Å². The van der Waals surface area contributed by atoms with E-state index in [1.54, 1.807) is 24.1 Å². The molecule has 0 aromatic heterocycles. The van der Waals surface area contributed by atoms with Gasteiger partial charge >= 0.3 is 0 Å². The van der Waals surface area contributed by atoms with Crippen molar-refractivity contribution in [3.63, 3.8) is 0 Å². The van der Waals surface area contributed by atoms with Crippen LogP contribution >= 0.6 is 15.9 Å². The predicted octanol–water partition coefficient (Wildman–Crippen LogP) is 1.63. The molecule has 0 bridgehead atoms. The van der Waals surface area contributed by atoms with Gasteiger partial charge in [0.25, 0.3) is 5.91 Å². The first-order valence-corrected chi connectivity index (χ1v) is 5.82. The molecule has 0 radical (unpaired) electrons. The van der Waals surface area contributed by atoms with E-state index in [4.69, 9.17) is 0 Å². The standard InChI is InChI=1S/C11H12BrFN2O/c1-15(8-5-14-6-8)11(16)7-2-3-9(12)10(13)4-7/h2-4,8,14H,5-6H2,1H3. The predicted molar refractivity (Wildman–Crippen MR) is 62.9 cm³/mol. The zero-order valence-electron chi connectivity index (χ0n) is 8.84. The van der Waals surface area contributed by atoms with Crippen LogP contribution in [-0.4, -0.2) is 37.0 Å². The molecule has 5 heteroatoms. The fraction of sp³-hybridized carbons (Fsp3) is 0.364. The molecular weight excluding hydrogens is 275 g/mol. The first-order chi connectivity index (χ1) is 7.59. The molecule has 3 nitrogen and oxygen atoms in total. The zero-order chi connectivity index (χ0) is 11.7. The van der Waals surface area contributed by atoms with Gasteiger partial charge in [-0.1, -0.05) is 0 Å². The minimum Gasteiger partial charge on any atom is -0.336 e. The number of rotatable bonds is 2. The summed E-state index contributed by atoms with van der Waals surface area (Å²) in [6.45, 7) is 1.61. The Hall–Kier alpha value is -0.940. The van der Waals surface area contributed by atoms with Gasteiger partial charge in [0, 0.05) is 25.7 Å². The number of nitrogens with one attached hydrogen (secondary N) is 1. The van der Waals surface area contributed by atoms with E-state index >= 15 is 0 Å². The Morgan fingerprint density at radius 2 is 2.25 bits per heavy atom. The minimum atomic E-state index is -0.411. The molecule has 1 fully saturated rings. The second kappa shape index (κ2) is 4.51. The molecule has 1 saturated heterocycles. The molecule has 1 aromatic rings. The molecule has 1 amide bonds. The minimum absolute atomic E-state index is 0.141. The number of halogens is 2. The van der Waals surface area contributed by atoms with E-state index in [1.807, 2.05) is 0 Å². The molecule has 1 heterocycles. The zero-order valence-corrected chi connectivity index (χ0v) is 10.4. The van der Waals surface area contributed by atoms with Crippen LogP contribution in [0.2, 0.25) is 0 Å². The Morgan fingerprint density at radius 1 is 1.56 bits per heavy atom. The number of likely N-dealkylation sites (N-methyl/N-ethyl adjacent to an activating group) is 1. The Kier molecular flexibility index (Phi) is 3.25. The molecule has 0 spiro atoms. The third-order valence-corrected chi connectivity index (χ3v) is 3.44. The summed E-state index contributed by atoms with van der Waals surface area (Å²) in [7, 11) is 1.74. The largest absolute Gasteiger partial charge is 0.336 e. The van der Waals surface area contributed by atoms with Gasteiger partial charge in [0.2, 0.25) is 0 Å². The highest BCUT2D eigenvalue weighted by Crippen LogP contribution is 2.18. The summed E-state index contributed by atoms with van der Waals surface area (Å²) in [5.41, 5.74) is 0.384. The van der Waals surface area contributed by atoms with E-state index in [0.29, 0.717) is 10.0 Å². The Labute approximate surface area is 102 Å². The van der Waals surface area contributed by atoms with Crippen LogP contribution in [0.1, 0.15) is 10.4 Å². The van der Waals surface area contributed by atoms with E-state index in [1.165, 1.54) is 6.07 Å². The van der Waals surface area contributed by atoms with E-state index in [2.05, 4.69) is 21.2 Å². The van der Waals surface area contributed by atoms with Crippen LogP contribution in [0.25, 0.3) is 0 Å². The van der Waals surface area contributed by atoms with Crippen LogP contribution in [0, 0.1) is 5.82 Å². The average Bonchev–Trinajstić information content (AvgIpc) is 2.18. The van der Waals surface area contributed by atoms with Crippen molar-refractivity contribution in [2.75, 3.05) is 20.1 Å². The summed E-state index contributed by atoms with van der Waals surface area (Å²) in [5, 5.41) is 3.09. The van der Waals surface area contributed by atoms with E-state index in [-0.39, 0.29) is 11.9 Å². The maximum Gasteiger partial charge on any atom is 0.254 e. The van der Waals surface area contributed by atoms with Crippen molar-refractivity contribution in [3.8, 4) is 0 Å². The second-order valence-electron chi connectivity index (χ2n) is 3.86. The van der Waals surface area contributed by atoms with Gasteiger partial charge in [0.05, 0.1) is 10.5 Å². The van der Waals surface area contributed by atoms with Crippen molar-refractivity contribution in [1.29, 1.82) is 0 Å². The lowest BCUT2D eigenvalue weighted by Gasteiger charge is -2.35. The van der Waals surface area contributed by atoms with Crippen LogP contribution < -0.4 is 5.32 Å². The van der Waals surface area contributed by atoms with Crippen molar-refractivity contribution < 1.29 is 9.18 Å². The highest BCUT2D eigenvalue weighted by molar-refractivity contribution is 9.10. The highest BCUT2D eigenvalue weighted by Gasteiger charge is 2.26. The molecule has 0 saturated carbocycles. The van der Waals surface area contributed by atoms with Gasteiger partial charge in [-0.15, -0.1) is 0 Å². The summed E-state index contributed by atoms with van der Waals surface area (Å²) in [6, 6.07) is 4.65. The topological polar surface area (TPSA) is 32.3 Å². The molecule has 86 valence electrons. The van der Waals surface area contributed by atoms with Crippen LogP contribution in [-0.2, 0) is 0 Å². The lowest BCUT2D eigenvalue weighted by Crippen LogP contribution is -2.57. The van der Waals surface area contributed by atoms with Gasteiger partial charge < -0.3 is 10.2 Å². The fourth-order valence-corrected chi connectivity index (χ4v) is 1.79. The molecule has 1 aliphatic rings. The number of hydrogen-bond donors (Lipinski definition) is 1. The van der Waals surface area contributed by atoms with Gasteiger partial charge in [-0.25, -0.2) is 4.39 Å². The molecule has 16 heavy (non-hydrogen) atoms. The van der Waals surface area contributed by atoms with E-state index in [9.17, 15) is 9.18 Å². The van der Waals surface area contributed by atoms with Crippen LogP contribution in [0.3, 0.4) is 0 Å². The van der Waals surface area contributed by atoms with Crippen molar-refractivity contribution in [3.05, 3.63) is 34.1 Å². The summed E-state index contributed by atoms with van der Waals surface area (Å²) in [5.74, 6) is -0.552. The first-order valence-electron chi connectivity index (χ1n) is 5.02. The van der Waals surface area contributed by atoms with Crippen molar-refractivity contribution in [2.45, 2.75) is 6.04 Å². The summed E-state index contributed by atoms with van der Waals surface area (Å²) in [6.07, 6.45) is 0. The molecule has 0 aliphatic carbocycles. The maximum atomic E-state index is 13.3. The van der Waals surface area contributed by atoms with Crippen molar-refractivity contribution in [2.24, 2.45) is 0 Å². The second-order valence-corrected chi connectivity index (χ2v) is 4.71. The molecule has 1 N–H and O–H groups in total. The smallest absolute Gasteiger partial charge is 0.254 e. The van der Waals surface area contributed by atoms with E-state index < -0.39 is 5.82 Å². The number of amides is 1. The number of carbonyl (C=O) groups is 1. The SMILES string of the molecule is CN(C(=O)c1ccc(Br)c(F)c1)C1CNC1. The summed E-state index contributed by atoms with van der Waals surface area (Å²) >= 11 is 3.06. The lowest BCUT2D eigenvalue weighted by atomic mass is 10.1. The van der Waals surface area contributed by atoms with Crippen LogP contribution in [0.5, 0.6) is 0 Å². The Bertz CT molecular complexity index is 420. The third kappa shape index (κ3) is 2.10. The first kappa shape index (κ1) is 11.5. The normalized spacial score (nSPS) is 15.7. The maximum absolute atomic E-state index is 13.3. The third-order valence-electron chi connectivity index (χ3n) is 2.79. The molecule has 2 rings (SSSR count). The molecule has 1 aliphatic heterocycles. The highest BCUT2D eigenvalue weighted by atomic mass is 79.9. The van der Waals surface area contributed by atoms with Crippen LogP contribution in [0.15, 0.2) is 22.7 Å². The van der Waals surface area contributed by atoms with Crippen LogP contribution in [0.4, 0.5) is 4.39 Å². The Balaban J connectivity index is 2.16. The number of hydrogen-bond acceptors (Lipinski definition) is 2. The van der Waals surface area contributed by atoms with Gasteiger partial charge in [-0.3, -0.25) is 4.79 Å². The Morgan fingerprint density at radius 3 is 2.75 bits per heavy atom. The quantitative estimate of drug-likeness (QED) is 0.896. The summed E-state index contributed by atoms with van der Waals surface area (Å²) < 4.78 is 13.6. The van der Waals surface area contributed by atoms with Crippen molar-refractivity contribution in [1.82, 2.24) is 10.2 Å². The number of benzene rings is 1. The van der Waals surface area contributed by atoms with Gasteiger partial charge in [-0.05, 0) is 34.1 Å². The summed E-state index contributed by atoms with van der Waals surface area (Å²) in [4.78, 5) is 13.6. The molecule has 1 aromatic carbocycles. The van der Waals surface area contributed by atoms with E-state index in [0.717, 1.165) is 13.1 Å². The van der Waals surface area contributed by atoms with Gasteiger partial charge in [0.15, 0.2) is 0 Å². The molecular formula is C11H12BrFN2O. The number of nitrogens with zero attached hydrogens (tertiary/aromatic N) is 1. The van der Waals surface area contributed by atoms with Gasteiger partial charge in [0.1, 0.15) is 5.82 Å². The molecule has 0 atom stereocenters. The average molecular weight is 287 g/mol. The number of carbonyl (C=O) groups excluding carboxylic acids is 1. The van der Waals surface area contributed by atoms with Gasteiger partial charge in [-0.2, -0.15) is 0 Å². The lowest BCUT2D eigenvalue weighted by molar-refractivity contribution is 0.0680. The fourth-order valence-electron chi connectivity index (χ4n) is 1.55. The molecule has 0 unspecified atom stereocenters.